The molecule has 1 saturated carbocycles. The number of amides is 1. The SMILES string of the molecule is Cc1cc(C)c(C#N)c(SCC(=O)N(C2CC2)C2CCS(=O)(=O)C2)n1. The van der Waals surface area contributed by atoms with Gasteiger partial charge in [-0.1, -0.05) is 11.8 Å². The van der Waals surface area contributed by atoms with Gasteiger partial charge in [0.15, 0.2) is 9.84 Å². The van der Waals surface area contributed by atoms with Crippen LogP contribution in [0.5, 0.6) is 0 Å². The van der Waals surface area contributed by atoms with E-state index in [9.17, 15) is 18.5 Å². The normalized spacial score (nSPS) is 21.7. The molecule has 0 bridgehead atoms. The molecular weight excluding hydrogens is 358 g/mol. The summed E-state index contributed by atoms with van der Waals surface area (Å²) in [6.07, 6.45) is 2.41. The summed E-state index contributed by atoms with van der Waals surface area (Å²) >= 11 is 1.27. The van der Waals surface area contributed by atoms with Crippen molar-refractivity contribution in [3.63, 3.8) is 0 Å². The summed E-state index contributed by atoms with van der Waals surface area (Å²) in [7, 11) is -3.02. The Hall–Kier alpha value is -1.59. The van der Waals surface area contributed by atoms with E-state index in [0.29, 0.717) is 17.0 Å². The first-order valence-electron chi connectivity index (χ1n) is 8.33. The zero-order valence-electron chi connectivity index (χ0n) is 14.4. The van der Waals surface area contributed by atoms with Gasteiger partial charge in [-0.2, -0.15) is 5.26 Å². The number of hydrogen-bond donors (Lipinski definition) is 0. The number of sulfone groups is 1. The van der Waals surface area contributed by atoms with Crippen LogP contribution >= 0.6 is 11.8 Å². The zero-order chi connectivity index (χ0) is 18.2. The topological polar surface area (TPSA) is 91.1 Å². The highest BCUT2D eigenvalue weighted by Gasteiger charge is 2.41. The molecule has 6 nitrogen and oxygen atoms in total. The van der Waals surface area contributed by atoms with Crippen molar-refractivity contribution in [3.8, 4) is 6.07 Å². The number of rotatable bonds is 5. The first kappa shape index (κ1) is 18.2. The molecule has 2 fully saturated rings. The quantitative estimate of drug-likeness (QED) is 0.725. The molecule has 0 spiro atoms. The molecular formula is C17H21N3O3S2. The van der Waals surface area contributed by atoms with E-state index in [1.165, 1.54) is 11.8 Å². The first-order valence-corrected chi connectivity index (χ1v) is 11.1. The van der Waals surface area contributed by atoms with Crippen LogP contribution in [-0.4, -0.2) is 53.6 Å². The fourth-order valence-corrected chi connectivity index (χ4v) is 5.98. The second-order valence-corrected chi connectivity index (χ2v) is 9.94. The number of pyridine rings is 1. The van der Waals surface area contributed by atoms with Crippen molar-refractivity contribution in [2.24, 2.45) is 0 Å². The molecule has 2 aliphatic rings. The van der Waals surface area contributed by atoms with Crippen LogP contribution in [-0.2, 0) is 14.6 Å². The Bertz CT molecular complexity index is 841. The van der Waals surface area contributed by atoms with E-state index < -0.39 is 9.84 Å². The smallest absolute Gasteiger partial charge is 0.233 e. The third kappa shape index (κ3) is 4.15. The number of hydrogen-bond acceptors (Lipinski definition) is 6. The van der Waals surface area contributed by atoms with Crippen LogP contribution in [0.3, 0.4) is 0 Å². The van der Waals surface area contributed by atoms with E-state index in [0.717, 1.165) is 24.1 Å². The number of nitriles is 1. The lowest BCUT2D eigenvalue weighted by Gasteiger charge is -2.28. The molecule has 1 atom stereocenters. The molecule has 1 aliphatic carbocycles. The Balaban J connectivity index is 1.72. The molecule has 1 aromatic rings. The number of aryl methyl sites for hydroxylation is 2. The van der Waals surface area contributed by atoms with Crippen molar-refractivity contribution in [2.75, 3.05) is 17.3 Å². The van der Waals surface area contributed by atoms with Crippen LogP contribution in [0, 0.1) is 25.2 Å². The van der Waals surface area contributed by atoms with Crippen LogP contribution in [0.15, 0.2) is 11.1 Å². The average Bonchev–Trinajstić information content (AvgIpc) is 3.28. The van der Waals surface area contributed by atoms with Gasteiger partial charge in [0.2, 0.25) is 5.91 Å². The Morgan fingerprint density at radius 2 is 2.08 bits per heavy atom. The minimum Gasteiger partial charge on any atom is -0.335 e. The molecule has 3 rings (SSSR count). The molecule has 1 unspecified atom stereocenters. The molecule has 134 valence electrons. The monoisotopic (exact) mass is 379 g/mol. The highest BCUT2D eigenvalue weighted by Crippen LogP contribution is 2.33. The lowest BCUT2D eigenvalue weighted by Crippen LogP contribution is -2.43. The lowest BCUT2D eigenvalue weighted by atomic mass is 10.1. The maximum atomic E-state index is 12.8. The Kier molecular flexibility index (Phi) is 5.07. The molecule has 1 saturated heterocycles. The second kappa shape index (κ2) is 6.96. The average molecular weight is 380 g/mol. The summed E-state index contributed by atoms with van der Waals surface area (Å²) in [5.74, 6) is 0.362. The van der Waals surface area contributed by atoms with Gasteiger partial charge in [-0.15, -0.1) is 0 Å². The molecule has 1 aliphatic heterocycles. The number of aromatic nitrogens is 1. The number of nitrogens with zero attached hydrogens (tertiary/aromatic N) is 3. The molecule has 25 heavy (non-hydrogen) atoms. The Labute approximate surface area is 152 Å². The molecule has 0 N–H and O–H groups in total. The highest BCUT2D eigenvalue weighted by atomic mass is 32.2. The summed E-state index contributed by atoms with van der Waals surface area (Å²) in [4.78, 5) is 18.9. The van der Waals surface area contributed by atoms with Crippen molar-refractivity contribution in [1.29, 1.82) is 5.26 Å². The Morgan fingerprint density at radius 1 is 1.36 bits per heavy atom. The molecule has 0 aromatic carbocycles. The van der Waals surface area contributed by atoms with E-state index >= 15 is 0 Å². The van der Waals surface area contributed by atoms with E-state index in [2.05, 4.69) is 11.1 Å². The van der Waals surface area contributed by atoms with Crippen molar-refractivity contribution in [3.05, 3.63) is 22.9 Å². The first-order chi connectivity index (χ1) is 11.8. The minimum absolute atomic E-state index is 0.0561. The van der Waals surface area contributed by atoms with Gasteiger partial charge < -0.3 is 4.90 Å². The number of carbonyl (C=O) groups excluding carboxylic acids is 1. The van der Waals surface area contributed by atoms with Gasteiger partial charge in [0.1, 0.15) is 11.1 Å². The summed E-state index contributed by atoms with van der Waals surface area (Å²) in [5, 5.41) is 9.90. The van der Waals surface area contributed by atoms with Crippen molar-refractivity contribution < 1.29 is 13.2 Å². The van der Waals surface area contributed by atoms with Gasteiger partial charge in [0.25, 0.3) is 0 Å². The fraction of sp³-hybridized carbons (Fsp3) is 0.588. The molecule has 1 amide bonds. The van der Waals surface area contributed by atoms with E-state index in [-0.39, 0.29) is 35.2 Å². The lowest BCUT2D eigenvalue weighted by molar-refractivity contribution is -0.130. The van der Waals surface area contributed by atoms with E-state index in [4.69, 9.17) is 0 Å². The van der Waals surface area contributed by atoms with Crippen LogP contribution < -0.4 is 0 Å². The molecule has 1 aromatic heterocycles. The largest absolute Gasteiger partial charge is 0.335 e. The zero-order valence-corrected chi connectivity index (χ0v) is 16.0. The van der Waals surface area contributed by atoms with E-state index in [1.807, 2.05) is 19.9 Å². The van der Waals surface area contributed by atoms with Gasteiger partial charge in [-0.05, 0) is 44.7 Å². The van der Waals surface area contributed by atoms with Gasteiger partial charge in [-0.3, -0.25) is 4.79 Å². The molecule has 2 heterocycles. The van der Waals surface area contributed by atoms with Gasteiger partial charge >= 0.3 is 0 Å². The summed E-state index contributed by atoms with van der Waals surface area (Å²) < 4.78 is 23.5. The third-order valence-electron chi connectivity index (χ3n) is 4.59. The highest BCUT2D eigenvalue weighted by molar-refractivity contribution is 8.00. The van der Waals surface area contributed by atoms with Crippen molar-refractivity contribution in [1.82, 2.24) is 9.88 Å². The van der Waals surface area contributed by atoms with Crippen LogP contribution in [0.4, 0.5) is 0 Å². The van der Waals surface area contributed by atoms with E-state index in [1.54, 1.807) is 4.90 Å². The molecule has 8 heteroatoms. The second-order valence-electron chi connectivity index (χ2n) is 6.75. The van der Waals surface area contributed by atoms with Gasteiger partial charge in [-0.25, -0.2) is 13.4 Å². The van der Waals surface area contributed by atoms with Crippen LogP contribution in [0.25, 0.3) is 0 Å². The number of carbonyl (C=O) groups is 1. The van der Waals surface area contributed by atoms with Crippen LogP contribution in [0.1, 0.15) is 36.1 Å². The fourth-order valence-electron chi connectivity index (χ4n) is 3.30. The van der Waals surface area contributed by atoms with Gasteiger partial charge in [0, 0.05) is 17.8 Å². The third-order valence-corrected chi connectivity index (χ3v) is 7.30. The predicted molar refractivity (Wildman–Crippen MR) is 96.1 cm³/mol. The number of thioether (sulfide) groups is 1. The summed E-state index contributed by atoms with van der Waals surface area (Å²) in [6, 6.07) is 3.98. The molecule has 0 radical (unpaired) electrons. The van der Waals surface area contributed by atoms with Crippen molar-refractivity contribution in [2.45, 2.75) is 50.2 Å². The maximum absolute atomic E-state index is 12.8. The van der Waals surface area contributed by atoms with Crippen molar-refractivity contribution >= 4 is 27.5 Å². The maximum Gasteiger partial charge on any atom is 0.233 e. The minimum atomic E-state index is -3.02. The standard InChI is InChI=1S/C17H21N3O3S2/c1-11-7-12(2)19-17(15(11)8-18)24-9-16(21)20(13-3-4-13)14-5-6-25(22,23)10-14/h7,13-14H,3-6,9-10H2,1-2H3. The summed E-state index contributed by atoms with van der Waals surface area (Å²) in [5.41, 5.74) is 2.17. The van der Waals surface area contributed by atoms with Crippen LogP contribution in [0.2, 0.25) is 0 Å². The predicted octanol–water partition coefficient (Wildman–Crippen LogP) is 1.84. The van der Waals surface area contributed by atoms with Gasteiger partial charge in [0.05, 0.1) is 22.8 Å². The summed E-state index contributed by atoms with van der Waals surface area (Å²) in [6.45, 7) is 3.72. The Morgan fingerprint density at radius 3 is 2.64 bits per heavy atom.